The summed E-state index contributed by atoms with van der Waals surface area (Å²) in [7, 11) is 0. The second-order valence-electron chi connectivity index (χ2n) is 8.58. The van der Waals surface area contributed by atoms with Crippen LogP contribution in [0.1, 0.15) is 44.6 Å². The number of nitrogens with zero attached hydrogens (tertiary/aromatic N) is 1. The van der Waals surface area contributed by atoms with Crippen LogP contribution < -0.4 is 22.1 Å². The van der Waals surface area contributed by atoms with E-state index in [1.54, 1.807) is 12.1 Å². The summed E-state index contributed by atoms with van der Waals surface area (Å²) in [4.78, 5) is 51.2. The normalized spacial score (nSPS) is 18.1. The predicted molar refractivity (Wildman–Crippen MR) is 125 cm³/mol. The van der Waals surface area contributed by atoms with E-state index in [2.05, 4.69) is 10.6 Å². The third-order valence-electron chi connectivity index (χ3n) is 5.86. The number of amides is 3. The van der Waals surface area contributed by atoms with Crippen LogP contribution in [0.3, 0.4) is 0 Å². The van der Waals surface area contributed by atoms with Crippen LogP contribution in [0, 0.1) is 0 Å². The first-order chi connectivity index (χ1) is 16.1. The van der Waals surface area contributed by atoms with Gasteiger partial charge < -0.3 is 37.2 Å². The smallest absolute Gasteiger partial charge is 0.325 e. The topological polar surface area (TPSA) is 188 Å². The van der Waals surface area contributed by atoms with Crippen molar-refractivity contribution in [2.75, 3.05) is 13.1 Å². The van der Waals surface area contributed by atoms with E-state index in [1.165, 1.54) is 24.0 Å². The van der Waals surface area contributed by atoms with Crippen LogP contribution in [0.25, 0.3) is 0 Å². The average Bonchev–Trinajstić information content (AvgIpc) is 3.29. The lowest BCUT2D eigenvalue weighted by atomic mass is 10.0. The maximum atomic E-state index is 13.3. The molecule has 3 amide bonds. The molecule has 4 unspecified atom stereocenters. The summed E-state index contributed by atoms with van der Waals surface area (Å²) in [5.74, 6) is -2.49. The highest BCUT2D eigenvalue weighted by Crippen LogP contribution is 2.20. The van der Waals surface area contributed by atoms with Crippen molar-refractivity contribution in [3.8, 4) is 5.75 Å². The third kappa shape index (κ3) is 7.70. The molecule has 0 radical (unpaired) electrons. The standard InChI is InChI=1S/C23H35N5O6/c1-14(23(33)34)26-21(31)19-6-4-12-28(19)22(32)18(5-2-3-11-24)27-20(30)17(25)13-15-7-9-16(29)10-8-15/h7-10,14,17-19,29H,2-6,11-13,24-25H2,1H3,(H,26,31)(H,27,30)(H,33,34). The van der Waals surface area contributed by atoms with E-state index >= 15 is 0 Å². The first kappa shape index (κ1) is 27.1. The van der Waals surface area contributed by atoms with E-state index in [-0.39, 0.29) is 12.2 Å². The van der Waals surface area contributed by atoms with Crippen molar-refractivity contribution in [1.82, 2.24) is 15.5 Å². The summed E-state index contributed by atoms with van der Waals surface area (Å²) < 4.78 is 0. The van der Waals surface area contributed by atoms with Gasteiger partial charge in [0, 0.05) is 6.54 Å². The van der Waals surface area contributed by atoms with E-state index in [9.17, 15) is 24.3 Å². The van der Waals surface area contributed by atoms with E-state index in [1.807, 2.05) is 0 Å². The number of unbranched alkanes of at least 4 members (excludes halogenated alkanes) is 1. The largest absolute Gasteiger partial charge is 0.508 e. The maximum absolute atomic E-state index is 13.3. The zero-order valence-electron chi connectivity index (χ0n) is 19.4. The van der Waals surface area contributed by atoms with Crippen LogP contribution in [0.15, 0.2) is 24.3 Å². The lowest BCUT2D eigenvalue weighted by molar-refractivity contribution is -0.144. The molecule has 1 fully saturated rings. The van der Waals surface area contributed by atoms with Crippen molar-refractivity contribution < 1.29 is 29.4 Å². The molecule has 1 aromatic rings. The van der Waals surface area contributed by atoms with E-state index in [0.717, 1.165) is 5.56 Å². The van der Waals surface area contributed by atoms with Crippen LogP contribution in [-0.4, -0.2) is 76.1 Å². The molecule has 0 spiro atoms. The van der Waals surface area contributed by atoms with Crippen LogP contribution in [-0.2, 0) is 25.6 Å². The quantitative estimate of drug-likeness (QED) is 0.216. The van der Waals surface area contributed by atoms with Gasteiger partial charge in [0.25, 0.3) is 0 Å². The molecule has 0 aliphatic carbocycles. The van der Waals surface area contributed by atoms with Gasteiger partial charge in [0.1, 0.15) is 23.9 Å². The molecule has 1 saturated heterocycles. The molecule has 1 aliphatic rings. The fourth-order valence-corrected chi connectivity index (χ4v) is 3.88. The number of phenolic OH excluding ortho intramolecular Hbond substituents is 1. The van der Waals surface area contributed by atoms with Gasteiger partial charge in [-0.3, -0.25) is 19.2 Å². The van der Waals surface area contributed by atoms with E-state index < -0.39 is 47.9 Å². The molecule has 0 bridgehead atoms. The van der Waals surface area contributed by atoms with Gasteiger partial charge in [0.2, 0.25) is 17.7 Å². The number of hydrogen-bond donors (Lipinski definition) is 6. The third-order valence-corrected chi connectivity index (χ3v) is 5.86. The Kier molecular flexibility index (Phi) is 10.3. The molecule has 1 aliphatic heterocycles. The Labute approximate surface area is 198 Å². The molecule has 188 valence electrons. The van der Waals surface area contributed by atoms with Crippen molar-refractivity contribution >= 4 is 23.7 Å². The Balaban J connectivity index is 2.08. The van der Waals surface area contributed by atoms with Gasteiger partial charge in [0.05, 0.1) is 6.04 Å². The molecule has 34 heavy (non-hydrogen) atoms. The van der Waals surface area contributed by atoms with Gasteiger partial charge in [-0.2, -0.15) is 0 Å². The molecule has 0 saturated carbocycles. The lowest BCUT2D eigenvalue weighted by Gasteiger charge is -2.29. The number of carboxylic acid groups (broad SMARTS) is 1. The molecule has 11 nitrogen and oxygen atoms in total. The van der Waals surface area contributed by atoms with E-state index in [4.69, 9.17) is 16.6 Å². The maximum Gasteiger partial charge on any atom is 0.325 e. The van der Waals surface area contributed by atoms with Crippen LogP contribution in [0.5, 0.6) is 5.75 Å². The minimum atomic E-state index is -1.17. The number of phenols is 1. The number of carbonyl (C=O) groups excluding carboxylic acids is 3. The highest BCUT2D eigenvalue weighted by atomic mass is 16.4. The monoisotopic (exact) mass is 477 g/mol. The molecule has 2 rings (SSSR count). The van der Waals surface area contributed by atoms with Gasteiger partial charge in [0.15, 0.2) is 0 Å². The summed E-state index contributed by atoms with van der Waals surface area (Å²) in [5.41, 5.74) is 12.4. The second-order valence-corrected chi connectivity index (χ2v) is 8.58. The zero-order chi connectivity index (χ0) is 25.3. The number of aliphatic carboxylic acids is 1. The number of carboxylic acids is 1. The second kappa shape index (κ2) is 12.9. The van der Waals surface area contributed by atoms with Crippen molar-refractivity contribution in [1.29, 1.82) is 0 Å². The highest BCUT2D eigenvalue weighted by Gasteiger charge is 2.38. The molecule has 11 heteroatoms. The lowest BCUT2D eigenvalue weighted by Crippen LogP contribution is -2.56. The van der Waals surface area contributed by atoms with Crippen molar-refractivity contribution in [3.63, 3.8) is 0 Å². The van der Waals surface area contributed by atoms with Crippen molar-refractivity contribution in [2.24, 2.45) is 11.5 Å². The number of rotatable bonds is 12. The predicted octanol–water partition coefficient (Wildman–Crippen LogP) is -0.544. The summed E-state index contributed by atoms with van der Waals surface area (Å²) >= 11 is 0. The fraction of sp³-hybridized carbons (Fsp3) is 0.565. The Morgan fingerprint density at radius 3 is 2.44 bits per heavy atom. The molecule has 0 aromatic heterocycles. The van der Waals surface area contributed by atoms with E-state index in [0.29, 0.717) is 45.2 Å². The SMILES string of the molecule is CC(NC(=O)C1CCCN1C(=O)C(CCCCN)NC(=O)C(N)Cc1ccc(O)cc1)C(=O)O. The highest BCUT2D eigenvalue weighted by molar-refractivity contribution is 5.94. The first-order valence-electron chi connectivity index (χ1n) is 11.5. The van der Waals surface area contributed by atoms with Crippen molar-refractivity contribution in [3.05, 3.63) is 29.8 Å². The molecule has 4 atom stereocenters. The van der Waals surface area contributed by atoms with Gasteiger partial charge in [-0.25, -0.2) is 0 Å². The number of nitrogens with two attached hydrogens (primary N) is 2. The van der Waals surface area contributed by atoms with Gasteiger partial charge in [-0.15, -0.1) is 0 Å². The van der Waals surface area contributed by atoms with Crippen molar-refractivity contribution in [2.45, 2.75) is 69.6 Å². The minimum Gasteiger partial charge on any atom is -0.508 e. The minimum absolute atomic E-state index is 0.106. The number of aromatic hydroxyl groups is 1. The average molecular weight is 478 g/mol. The molecule has 1 heterocycles. The molecular weight excluding hydrogens is 442 g/mol. The van der Waals surface area contributed by atoms with Crippen LogP contribution in [0.2, 0.25) is 0 Å². The molecule has 1 aromatic carbocycles. The number of benzene rings is 1. The Hall–Kier alpha value is -3.18. The summed E-state index contributed by atoms with van der Waals surface area (Å²) in [6, 6.07) is 2.66. The Bertz CT molecular complexity index is 862. The number of likely N-dealkylation sites (tertiary alicyclic amines) is 1. The first-order valence-corrected chi connectivity index (χ1v) is 11.5. The van der Waals surface area contributed by atoms with Crippen LogP contribution >= 0.6 is 0 Å². The number of nitrogens with one attached hydrogen (secondary N) is 2. The van der Waals surface area contributed by atoms with Gasteiger partial charge in [-0.05, 0) is 69.7 Å². The van der Waals surface area contributed by atoms with Gasteiger partial charge >= 0.3 is 5.97 Å². The number of hydrogen-bond acceptors (Lipinski definition) is 7. The number of carbonyl (C=O) groups is 4. The Morgan fingerprint density at radius 1 is 1.15 bits per heavy atom. The summed E-state index contributed by atoms with van der Waals surface area (Å²) in [6.07, 6.45) is 2.82. The summed E-state index contributed by atoms with van der Waals surface area (Å²) in [5, 5.41) is 23.6. The summed E-state index contributed by atoms with van der Waals surface area (Å²) in [6.45, 7) is 2.13. The Morgan fingerprint density at radius 2 is 1.82 bits per heavy atom. The zero-order valence-corrected chi connectivity index (χ0v) is 19.4. The molecular formula is C23H35N5O6. The van der Waals surface area contributed by atoms with Crippen LogP contribution in [0.4, 0.5) is 0 Å². The molecule has 8 N–H and O–H groups in total. The fourth-order valence-electron chi connectivity index (χ4n) is 3.88. The van der Waals surface area contributed by atoms with Gasteiger partial charge in [-0.1, -0.05) is 12.1 Å².